The molecule has 1 atom stereocenters. The van der Waals surface area contributed by atoms with Gasteiger partial charge in [-0.25, -0.2) is 0 Å². The van der Waals surface area contributed by atoms with Crippen LogP contribution >= 0.6 is 0 Å². The number of ketones is 1. The van der Waals surface area contributed by atoms with Crippen molar-refractivity contribution in [3.05, 3.63) is 0 Å². The molecule has 2 rings (SSSR count). The Morgan fingerprint density at radius 1 is 1.33 bits per heavy atom. The van der Waals surface area contributed by atoms with E-state index in [1.54, 1.807) is 0 Å². The van der Waals surface area contributed by atoms with Crippen molar-refractivity contribution in [3.8, 4) is 0 Å². The van der Waals surface area contributed by atoms with Crippen LogP contribution < -0.4 is 0 Å². The maximum absolute atomic E-state index is 12.1. The lowest BCUT2D eigenvalue weighted by molar-refractivity contribution is -0.159. The number of carbonyl (C=O) groups excluding carboxylic acids is 1. The number of hydrogen-bond acceptors (Lipinski definition) is 4. The Balaban J connectivity index is 1.87. The molecule has 0 saturated carbocycles. The summed E-state index contributed by atoms with van der Waals surface area (Å²) in [5.41, 5.74) is -0.103. The Morgan fingerprint density at radius 2 is 2.06 bits per heavy atom. The smallest absolute Gasteiger partial charge is 0.161 e. The minimum Gasteiger partial charge on any atom is -0.381 e. The number of Topliss-reactive ketones (excluding diaryl/α,β-unsaturated/α-hetero) is 1. The standard InChI is InChI=1S/C14H24O4/c1-11(2)17-10-13(15)12-3-6-18-14(9-12)4-7-16-8-5-14/h11-12H,3-10H2,1-2H3. The molecule has 2 heterocycles. The van der Waals surface area contributed by atoms with Crippen LogP contribution in [0.1, 0.15) is 39.5 Å². The third-order valence-corrected chi connectivity index (χ3v) is 3.91. The van der Waals surface area contributed by atoms with Crippen LogP contribution in [-0.4, -0.2) is 43.9 Å². The lowest BCUT2D eigenvalue weighted by Gasteiger charge is -2.42. The molecule has 1 spiro atoms. The van der Waals surface area contributed by atoms with Crippen LogP contribution in [0.5, 0.6) is 0 Å². The Labute approximate surface area is 109 Å². The van der Waals surface area contributed by atoms with E-state index in [0.29, 0.717) is 6.61 Å². The highest BCUT2D eigenvalue weighted by Crippen LogP contribution is 2.37. The molecule has 0 radical (unpaired) electrons. The second kappa shape index (κ2) is 6.13. The monoisotopic (exact) mass is 256 g/mol. The van der Waals surface area contributed by atoms with Crippen LogP contribution in [0.4, 0.5) is 0 Å². The van der Waals surface area contributed by atoms with E-state index in [2.05, 4.69) is 0 Å². The molecular formula is C14H24O4. The second-order valence-corrected chi connectivity index (χ2v) is 5.66. The molecule has 2 saturated heterocycles. The number of ether oxygens (including phenoxy) is 3. The first-order chi connectivity index (χ1) is 8.61. The van der Waals surface area contributed by atoms with Crippen LogP contribution in [0.2, 0.25) is 0 Å². The zero-order valence-electron chi connectivity index (χ0n) is 11.4. The molecule has 0 amide bonds. The second-order valence-electron chi connectivity index (χ2n) is 5.66. The summed E-state index contributed by atoms with van der Waals surface area (Å²) in [4.78, 5) is 12.1. The Kier molecular flexibility index (Phi) is 4.76. The maximum Gasteiger partial charge on any atom is 0.161 e. The molecule has 2 aliphatic heterocycles. The Morgan fingerprint density at radius 3 is 2.72 bits per heavy atom. The first kappa shape index (κ1) is 14.0. The molecule has 0 N–H and O–H groups in total. The van der Waals surface area contributed by atoms with Crippen molar-refractivity contribution in [2.24, 2.45) is 5.92 Å². The Bertz CT molecular complexity index is 276. The third-order valence-electron chi connectivity index (χ3n) is 3.91. The van der Waals surface area contributed by atoms with E-state index in [0.717, 1.165) is 38.9 Å². The molecule has 0 aromatic carbocycles. The van der Waals surface area contributed by atoms with Crippen LogP contribution in [0.25, 0.3) is 0 Å². The van der Waals surface area contributed by atoms with Gasteiger partial charge >= 0.3 is 0 Å². The zero-order valence-corrected chi connectivity index (χ0v) is 11.4. The fourth-order valence-electron chi connectivity index (χ4n) is 2.76. The normalized spacial score (nSPS) is 27.6. The minimum absolute atomic E-state index is 0.103. The van der Waals surface area contributed by atoms with Gasteiger partial charge in [0.05, 0.1) is 11.7 Å². The minimum atomic E-state index is -0.103. The van der Waals surface area contributed by atoms with Gasteiger partial charge in [-0.1, -0.05) is 0 Å². The number of rotatable bonds is 4. The highest BCUT2D eigenvalue weighted by Gasteiger charge is 2.40. The zero-order chi connectivity index (χ0) is 13.0. The molecule has 4 nitrogen and oxygen atoms in total. The molecule has 4 heteroatoms. The average Bonchev–Trinajstić information content (AvgIpc) is 2.37. The molecule has 104 valence electrons. The molecule has 2 fully saturated rings. The van der Waals surface area contributed by atoms with Crippen LogP contribution in [0, 0.1) is 5.92 Å². The van der Waals surface area contributed by atoms with Gasteiger partial charge in [0.2, 0.25) is 0 Å². The van der Waals surface area contributed by atoms with E-state index in [9.17, 15) is 4.79 Å². The molecule has 18 heavy (non-hydrogen) atoms. The summed E-state index contributed by atoms with van der Waals surface area (Å²) in [6, 6.07) is 0. The predicted octanol–water partition coefficient (Wildman–Crippen LogP) is 1.96. The van der Waals surface area contributed by atoms with Gasteiger partial charge in [-0.2, -0.15) is 0 Å². The summed E-state index contributed by atoms with van der Waals surface area (Å²) in [5, 5.41) is 0. The van der Waals surface area contributed by atoms with E-state index in [1.165, 1.54) is 0 Å². The van der Waals surface area contributed by atoms with Gasteiger partial charge in [-0.15, -0.1) is 0 Å². The molecular weight excluding hydrogens is 232 g/mol. The quantitative estimate of drug-likeness (QED) is 0.771. The summed E-state index contributed by atoms with van der Waals surface area (Å²) in [5.74, 6) is 0.341. The van der Waals surface area contributed by atoms with E-state index in [4.69, 9.17) is 14.2 Å². The lowest BCUT2D eigenvalue weighted by Crippen LogP contribution is -2.46. The van der Waals surface area contributed by atoms with E-state index in [1.807, 2.05) is 13.8 Å². The van der Waals surface area contributed by atoms with Crippen LogP contribution in [0.3, 0.4) is 0 Å². The maximum atomic E-state index is 12.1. The molecule has 1 unspecified atom stereocenters. The number of carbonyl (C=O) groups is 1. The number of hydrogen-bond donors (Lipinski definition) is 0. The summed E-state index contributed by atoms with van der Waals surface area (Å²) < 4.78 is 16.7. The van der Waals surface area contributed by atoms with Gasteiger partial charge in [0.15, 0.2) is 5.78 Å². The first-order valence-electron chi connectivity index (χ1n) is 6.97. The van der Waals surface area contributed by atoms with E-state index < -0.39 is 0 Å². The summed E-state index contributed by atoms with van der Waals surface area (Å²) in [6.45, 7) is 6.36. The fraction of sp³-hybridized carbons (Fsp3) is 0.929. The van der Waals surface area contributed by atoms with Crippen molar-refractivity contribution < 1.29 is 19.0 Å². The summed E-state index contributed by atoms with van der Waals surface area (Å²) >= 11 is 0. The highest BCUT2D eigenvalue weighted by molar-refractivity contribution is 5.82. The highest BCUT2D eigenvalue weighted by atomic mass is 16.5. The molecule has 0 aromatic heterocycles. The van der Waals surface area contributed by atoms with Gasteiger partial charge in [0.25, 0.3) is 0 Å². The van der Waals surface area contributed by atoms with Gasteiger partial charge < -0.3 is 14.2 Å². The van der Waals surface area contributed by atoms with Gasteiger partial charge in [0.1, 0.15) is 6.61 Å². The van der Waals surface area contributed by atoms with Gasteiger partial charge in [-0.3, -0.25) is 4.79 Å². The van der Waals surface area contributed by atoms with Crippen molar-refractivity contribution in [1.82, 2.24) is 0 Å². The first-order valence-corrected chi connectivity index (χ1v) is 6.97. The molecule has 0 aromatic rings. The van der Waals surface area contributed by atoms with Crippen molar-refractivity contribution in [1.29, 1.82) is 0 Å². The predicted molar refractivity (Wildman–Crippen MR) is 67.6 cm³/mol. The van der Waals surface area contributed by atoms with Gasteiger partial charge in [0, 0.05) is 25.7 Å². The Hall–Kier alpha value is -0.450. The van der Waals surface area contributed by atoms with Crippen molar-refractivity contribution in [3.63, 3.8) is 0 Å². The molecule has 0 aliphatic carbocycles. The van der Waals surface area contributed by atoms with Crippen molar-refractivity contribution in [2.45, 2.75) is 51.2 Å². The average molecular weight is 256 g/mol. The van der Waals surface area contributed by atoms with Crippen molar-refractivity contribution in [2.75, 3.05) is 26.4 Å². The van der Waals surface area contributed by atoms with Gasteiger partial charge in [-0.05, 0) is 39.5 Å². The lowest BCUT2D eigenvalue weighted by atomic mass is 9.79. The van der Waals surface area contributed by atoms with Crippen LogP contribution in [-0.2, 0) is 19.0 Å². The fourth-order valence-corrected chi connectivity index (χ4v) is 2.76. The topological polar surface area (TPSA) is 44.8 Å². The van der Waals surface area contributed by atoms with Crippen molar-refractivity contribution >= 4 is 5.78 Å². The van der Waals surface area contributed by atoms with Crippen LogP contribution in [0.15, 0.2) is 0 Å². The van der Waals surface area contributed by atoms with E-state index >= 15 is 0 Å². The molecule has 2 aliphatic rings. The summed E-state index contributed by atoms with van der Waals surface area (Å²) in [7, 11) is 0. The SMILES string of the molecule is CC(C)OCC(=O)C1CCOC2(CCOCC2)C1. The third kappa shape index (κ3) is 3.53. The largest absolute Gasteiger partial charge is 0.381 e. The van der Waals surface area contributed by atoms with E-state index in [-0.39, 0.29) is 30.0 Å². The molecule has 0 bridgehead atoms. The summed E-state index contributed by atoms with van der Waals surface area (Å²) in [6.07, 6.45) is 3.63.